The lowest BCUT2D eigenvalue weighted by atomic mass is 9.71. The van der Waals surface area contributed by atoms with E-state index in [0.29, 0.717) is 5.41 Å². The van der Waals surface area contributed by atoms with Crippen LogP contribution in [-0.2, 0) is 0 Å². The second kappa shape index (κ2) is 10.9. The van der Waals surface area contributed by atoms with Gasteiger partial charge in [0.2, 0.25) is 0 Å². The first-order valence-corrected chi connectivity index (χ1v) is 8.43. The average Bonchev–Trinajstić information content (AvgIpc) is 2.34. The van der Waals surface area contributed by atoms with Crippen molar-refractivity contribution >= 4 is 0 Å². The molecule has 1 radical (unpaired) electrons. The van der Waals surface area contributed by atoms with Crippen LogP contribution in [0.5, 0.6) is 0 Å². The van der Waals surface area contributed by atoms with Crippen LogP contribution in [0.25, 0.3) is 0 Å². The van der Waals surface area contributed by atoms with Gasteiger partial charge >= 0.3 is 0 Å². The fraction of sp³-hybridized carbons (Fsp3) is 0.944. The summed E-state index contributed by atoms with van der Waals surface area (Å²) in [7, 11) is 0. The Labute approximate surface area is 117 Å². The summed E-state index contributed by atoms with van der Waals surface area (Å²) in [4.78, 5) is 0. The van der Waals surface area contributed by atoms with Gasteiger partial charge in [-0.2, -0.15) is 0 Å². The van der Waals surface area contributed by atoms with Crippen LogP contribution in [0.2, 0.25) is 0 Å². The van der Waals surface area contributed by atoms with Gasteiger partial charge < -0.3 is 0 Å². The smallest absolute Gasteiger partial charge is 0.0297 e. The predicted octanol–water partition coefficient (Wildman–Crippen LogP) is 6.79. The number of rotatable bonds is 12. The Morgan fingerprint density at radius 1 is 0.833 bits per heavy atom. The molecular formula is C18H37. The second-order valence-electron chi connectivity index (χ2n) is 6.42. The van der Waals surface area contributed by atoms with Crippen LogP contribution in [0, 0.1) is 18.3 Å². The van der Waals surface area contributed by atoms with Crippen molar-refractivity contribution in [2.24, 2.45) is 11.3 Å². The predicted molar refractivity (Wildman–Crippen MR) is 84.8 cm³/mol. The molecule has 0 rings (SSSR count). The molecule has 0 amide bonds. The van der Waals surface area contributed by atoms with Gasteiger partial charge in [0.1, 0.15) is 0 Å². The molecule has 2 atom stereocenters. The van der Waals surface area contributed by atoms with Crippen molar-refractivity contribution in [3.8, 4) is 0 Å². The first-order valence-electron chi connectivity index (χ1n) is 8.43. The van der Waals surface area contributed by atoms with Crippen LogP contribution >= 0.6 is 0 Å². The van der Waals surface area contributed by atoms with Crippen molar-refractivity contribution in [3.63, 3.8) is 0 Å². The lowest BCUT2D eigenvalue weighted by Gasteiger charge is -2.34. The zero-order chi connectivity index (χ0) is 13.9. The number of hydrogen-bond acceptors (Lipinski definition) is 0. The van der Waals surface area contributed by atoms with Crippen LogP contribution in [-0.4, -0.2) is 0 Å². The van der Waals surface area contributed by atoms with E-state index in [1.165, 1.54) is 70.6 Å². The van der Waals surface area contributed by atoms with Crippen molar-refractivity contribution < 1.29 is 0 Å². The van der Waals surface area contributed by atoms with E-state index >= 15 is 0 Å². The Morgan fingerprint density at radius 3 is 1.89 bits per heavy atom. The molecule has 0 heterocycles. The molecule has 18 heavy (non-hydrogen) atoms. The highest BCUT2D eigenvalue weighted by Crippen LogP contribution is 2.37. The third kappa shape index (κ3) is 8.16. The first-order chi connectivity index (χ1) is 8.58. The molecule has 0 aliphatic rings. The highest BCUT2D eigenvalue weighted by atomic mass is 14.3. The molecule has 2 unspecified atom stereocenters. The molecule has 0 heteroatoms. The van der Waals surface area contributed by atoms with E-state index in [9.17, 15) is 0 Å². The van der Waals surface area contributed by atoms with Crippen molar-refractivity contribution in [3.05, 3.63) is 6.92 Å². The van der Waals surface area contributed by atoms with Crippen molar-refractivity contribution in [1.82, 2.24) is 0 Å². The summed E-state index contributed by atoms with van der Waals surface area (Å²) in [6, 6.07) is 0. The molecule has 0 spiro atoms. The Bertz CT molecular complexity index is 169. The monoisotopic (exact) mass is 253 g/mol. The van der Waals surface area contributed by atoms with E-state index in [1.807, 2.05) is 0 Å². The second-order valence-corrected chi connectivity index (χ2v) is 6.42. The summed E-state index contributed by atoms with van der Waals surface area (Å²) >= 11 is 0. The summed E-state index contributed by atoms with van der Waals surface area (Å²) in [6.07, 6.45) is 15.1. The Kier molecular flexibility index (Phi) is 10.9. The fourth-order valence-electron chi connectivity index (χ4n) is 3.02. The molecular weight excluding hydrogens is 216 g/mol. The minimum Gasteiger partial charge on any atom is -0.0654 e. The van der Waals surface area contributed by atoms with Gasteiger partial charge in [0.25, 0.3) is 0 Å². The fourth-order valence-corrected chi connectivity index (χ4v) is 3.02. The molecule has 0 aliphatic carbocycles. The highest BCUT2D eigenvalue weighted by molar-refractivity contribution is 4.84. The molecule has 0 aliphatic heterocycles. The van der Waals surface area contributed by atoms with Gasteiger partial charge in [-0.1, -0.05) is 85.5 Å². The van der Waals surface area contributed by atoms with Crippen LogP contribution < -0.4 is 0 Å². The summed E-state index contributed by atoms with van der Waals surface area (Å²) < 4.78 is 0. The van der Waals surface area contributed by atoms with E-state index in [1.54, 1.807) is 0 Å². The van der Waals surface area contributed by atoms with Crippen LogP contribution in [0.4, 0.5) is 0 Å². The maximum atomic E-state index is 4.54. The van der Waals surface area contributed by atoms with E-state index in [0.717, 1.165) is 5.92 Å². The molecule has 0 saturated carbocycles. The van der Waals surface area contributed by atoms with Crippen molar-refractivity contribution in [1.29, 1.82) is 0 Å². The molecule has 0 fully saturated rings. The topological polar surface area (TPSA) is 0 Å². The third-order valence-electron chi connectivity index (χ3n) is 4.49. The number of hydrogen-bond donors (Lipinski definition) is 0. The van der Waals surface area contributed by atoms with Gasteiger partial charge in [-0.3, -0.25) is 0 Å². The first kappa shape index (κ1) is 18.0. The summed E-state index contributed by atoms with van der Waals surface area (Å²) in [5.41, 5.74) is 0.314. The van der Waals surface area contributed by atoms with Crippen molar-refractivity contribution in [2.45, 2.75) is 98.3 Å². The zero-order valence-corrected chi connectivity index (χ0v) is 13.6. The molecule has 109 valence electrons. The summed E-state index contributed by atoms with van der Waals surface area (Å²) in [5.74, 6) is 0.830. The van der Waals surface area contributed by atoms with Crippen LogP contribution in [0.3, 0.4) is 0 Å². The largest absolute Gasteiger partial charge is 0.0654 e. The third-order valence-corrected chi connectivity index (χ3v) is 4.49. The lowest BCUT2D eigenvalue weighted by Crippen LogP contribution is -2.24. The highest BCUT2D eigenvalue weighted by Gasteiger charge is 2.26. The van der Waals surface area contributed by atoms with Gasteiger partial charge in [0, 0.05) is 0 Å². The summed E-state index contributed by atoms with van der Waals surface area (Å²) in [5, 5.41) is 0. The van der Waals surface area contributed by atoms with Crippen LogP contribution in [0.15, 0.2) is 0 Å². The minimum absolute atomic E-state index is 0.314. The molecule has 0 aromatic carbocycles. The SMILES string of the molecule is [CH2]C(C)(CCCCCC)C(CC)CCCCCC. The van der Waals surface area contributed by atoms with E-state index in [-0.39, 0.29) is 0 Å². The Morgan fingerprint density at radius 2 is 1.39 bits per heavy atom. The Hall–Kier alpha value is 0. The van der Waals surface area contributed by atoms with Gasteiger partial charge in [0.15, 0.2) is 0 Å². The van der Waals surface area contributed by atoms with Gasteiger partial charge in [0.05, 0.1) is 0 Å². The Balaban J connectivity index is 3.92. The van der Waals surface area contributed by atoms with E-state index in [4.69, 9.17) is 0 Å². The molecule has 0 aromatic heterocycles. The molecule has 0 saturated heterocycles. The molecule has 0 N–H and O–H groups in total. The van der Waals surface area contributed by atoms with Crippen molar-refractivity contribution in [2.75, 3.05) is 0 Å². The normalized spacial score (nSPS) is 13.8. The number of unbranched alkanes of at least 4 members (excludes halogenated alkanes) is 6. The maximum absolute atomic E-state index is 4.54. The van der Waals surface area contributed by atoms with Crippen LogP contribution in [0.1, 0.15) is 98.3 Å². The average molecular weight is 253 g/mol. The lowest BCUT2D eigenvalue weighted by molar-refractivity contribution is 0.200. The quantitative estimate of drug-likeness (QED) is 0.336. The molecule has 0 aromatic rings. The van der Waals surface area contributed by atoms with Gasteiger partial charge in [-0.15, -0.1) is 0 Å². The van der Waals surface area contributed by atoms with Gasteiger partial charge in [-0.05, 0) is 31.1 Å². The zero-order valence-electron chi connectivity index (χ0n) is 13.6. The van der Waals surface area contributed by atoms with Gasteiger partial charge in [-0.25, -0.2) is 0 Å². The molecule has 0 bridgehead atoms. The minimum atomic E-state index is 0.314. The van der Waals surface area contributed by atoms with E-state index < -0.39 is 0 Å². The summed E-state index contributed by atoms with van der Waals surface area (Å²) in [6.45, 7) is 13.9. The molecule has 0 nitrogen and oxygen atoms in total. The maximum Gasteiger partial charge on any atom is -0.0297 e. The van der Waals surface area contributed by atoms with E-state index in [2.05, 4.69) is 34.6 Å². The standard InChI is InChI=1S/C18H37/c1-6-9-11-13-15-17(8-3)18(4,5)16-14-12-10-7-2/h17H,4,6-16H2,1-3,5H3.